The van der Waals surface area contributed by atoms with Gasteiger partial charge in [-0.05, 0) is 49.4 Å². The van der Waals surface area contributed by atoms with Gasteiger partial charge in [0.25, 0.3) is 0 Å². The van der Waals surface area contributed by atoms with Crippen molar-refractivity contribution < 1.29 is 4.79 Å². The quantitative estimate of drug-likeness (QED) is 0.738. The fourth-order valence-electron chi connectivity index (χ4n) is 1.89. The van der Waals surface area contributed by atoms with Gasteiger partial charge >= 0.3 is 6.03 Å². The first-order chi connectivity index (χ1) is 8.93. The highest BCUT2D eigenvalue weighted by Crippen LogP contribution is 2.20. The number of hydrogen-bond acceptors (Lipinski definition) is 2. The highest BCUT2D eigenvalue weighted by molar-refractivity contribution is 5.89. The van der Waals surface area contributed by atoms with Gasteiger partial charge in [-0.2, -0.15) is 0 Å². The Morgan fingerprint density at radius 1 is 1.37 bits per heavy atom. The van der Waals surface area contributed by atoms with Gasteiger partial charge < -0.3 is 16.4 Å². The van der Waals surface area contributed by atoms with E-state index in [2.05, 4.69) is 24.5 Å². The summed E-state index contributed by atoms with van der Waals surface area (Å²) >= 11 is 0. The van der Waals surface area contributed by atoms with Crippen LogP contribution >= 0.6 is 0 Å². The van der Waals surface area contributed by atoms with Crippen LogP contribution in [0.2, 0.25) is 0 Å². The number of nitrogens with two attached hydrogens (primary N) is 1. The predicted octanol–water partition coefficient (Wildman–Crippen LogP) is 2.88. The Labute approximate surface area is 115 Å². The molecule has 0 atom stereocenters. The third kappa shape index (κ3) is 6.25. The van der Waals surface area contributed by atoms with Crippen LogP contribution in [-0.4, -0.2) is 19.1 Å². The van der Waals surface area contributed by atoms with Gasteiger partial charge in [-0.25, -0.2) is 4.79 Å². The molecule has 0 heterocycles. The van der Waals surface area contributed by atoms with Crippen LogP contribution in [0.3, 0.4) is 0 Å². The largest absolute Gasteiger partial charge is 0.337 e. The lowest BCUT2D eigenvalue weighted by molar-refractivity contribution is 0.242. The fourth-order valence-corrected chi connectivity index (χ4v) is 1.89. The second-order valence-corrected chi connectivity index (χ2v) is 5.73. The second-order valence-electron chi connectivity index (χ2n) is 5.73. The van der Waals surface area contributed by atoms with Crippen LogP contribution in [0.25, 0.3) is 0 Å². The van der Waals surface area contributed by atoms with Gasteiger partial charge in [-0.15, -0.1) is 0 Å². The van der Waals surface area contributed by atoms with E-state index in [4.69, 9.17) is 5.73 Å². The van der Waals surface area contributed by atoms with E-state index in [-0.39, 0.29) is 11.4 Å². The number of anilines is 1. The number of amides is 2. The first kappa shape index (κ1) is 15.5. The van der Waals surface area contributed by atoms with E-state index in [1.165, 1.54) is 0 Å². The Morgan fingerprint density at radius 2 is 2.11 bits per heavy atom. The zero-order valence-corrected chi connectivity index (χ0v) is 12.1. The zero-order valence-electron chi connectivity index (χ0n) is 12.1. The van der Waals surface area contributed by atoms with E-state index in [0.717, 1.165) is 24.1 Å². The molecule has 4 nitrogen and oxygen atoms in total. The van der Waals surface area contributed by atoms with E-state index >= 15 is 0 Å². The van der Waals surface area contributed by atoms with Gasteiger partial charge in [0, 0.05) is 12.2 Å². The number of benzene rings is 1. The molecule has 0 aliphatic heterocycles. The summed E-state index contributed by atoms with van der Waals surface area (Å²) < 4.78 is 0. The molecule has 2 amide bonds. The molecule has 0 radical (unpaired) electrons. The molecule has 4 N–H and O–H groups in total. The fraction of sp³-hybridized carbons (Fsp3) is 0.533. The van der Waals surface area contributed by atoms with Crippen molar-refractivity contribution in [3.05, 3.63) is 29.8 Å². The molecule has 0 spiro atoms. The number of aryl methyl sites for hydroxylation is 1. The molecule has 0 aromatic heterocycles. The maximum Gasteiger partial charge on any atom is 0.319 e. The summed E-state index contributed by atoms with van der Waals surface area (Å²) in [5, 5.41) is 5.75. The smallest absolute Gasteiger partial charge is 0.319 e. The van der Waals surface area contributed by atoms with E-state index in [9.17, 15) is 4.79 Å². The molecular weight excluding hydrogens is 238 g/mol. The normalized spacial score (nSPS) is 11.2. The van der Waals surface area contributed by atoms with Crippen LogP contribution in [0, 0.1) is 12.3 Å². The van der Waals surface area contributed by atoms with Gasteiger partial charge in [0.05, 0.1) is 0 Å². The Morgan fingerprint density at radius 3 is 2.74 bits per heavy atom. The van der Waals surface area contributed by atoms with Crippen LogP contribution in [0.1, 0.15) is 32.3 Å². The molecular formula is C15H25N3O. The van der Waals surface area contributed by atoms with Gasteiger partial charge in [0.1, 0.15) is 0 Å². The number of hydrogen-bond donors (Lipinski definition) is 3. The summed E-state index contributed by atoms with van der Waals surface area (Å²) in [5.41, 5.74) is 7.52. The molecule has 0 unspecified atom stereocenters. The van der Waals surface area contributed by atoms with Crippen LogP contribution < -0.4 is 16.4 Å². The molecule has 0 bridgehead atoms. The molecule has 0 aliphatic rings. The maximum atomic E-state index is 11.8. The Kier molecular flexibility index (Phi) is 5.83. The Bertz CT molecular complexity index is 416. The molecule has 0 aliphatic carbocycles. The summed E-state index contributed by atoms with van der Waals surface area (Å²) in [5.74, 6) is 0. The Balaban J connectivity index is 2.39. The van der Waals surface area contributed by atoms with E-state index < -0.39 is 0 Å². The van der Waals surface area contributed by atoms with Gasteiger partial charge in [-0.3, -0.25) is 0 Å². The number of carbonyl (C=O) groups is 1. The number of rotatable bonds is 6. The Hall–Kier alpha value is -1.55. The minimum absolute atomic E-state index is 0.0727. The van der Waals surface area contributed by atoms with E-state index in [0.29, 0.717) is 13.1 Å². The third-order valence-corrected chi connectivity index (χ3v) is 3.06. The third-order valence-electron chi connectivity index (χ3n) is 3.06. The topological polar surface area (TPSA) is 67.2 Å². The van der Waals surface area contributed by atoms with Crippen molar-refractivity contribution in [2.45, 2.75) is 33.6 Å². The van der Waals surface area contributed by atoms with Crippen molar-refractivity contribution in [3.8, 4) is 0 Å². The summed E-state index contributed by atoms with van der Waals surface area (Å²) in [4.78, 5) is 11.8. The van der Waals surface area contributed by atoms with Crippen LogP contribution in [-0.2, 0) is 0 Å². The standard InChI is InChI=1S/C15H25N3O/c1-12-6-4-7-13(10-12)18-14(19)17-11-15(2,3)8-5-9-16/h4,6-7,10H,5,8-9,11,16H2,1-3H3,(H2,17,18,19). The minimum atomic E-state index is -0.161. The number of urea groups is 1. The lowest BCUT2D eigenvalue weighted by Gasteiger charge is -2.24. The number of nitrogens with one attached hydrogen (secondary N) is 2. The average Bonchev–Trinajstić information content (AvgIpc) is 2.34. The highest BCUT2D eigenvalue weighted by atomic mass is 16.2. The maximum absolute atomic E-state index is 11.8. The van der Waals surface area contributed by atoms with Crippen molar-refractivity contribution in [1.82, 2.24) is 5.32 Å². The summed E-state index contributed by atoms with van der Waals surface area (Å²) in [6.45, 7) is 7.60. The van der Waals surface area contributed by atoms with Crippen LogP contribution in [0.5, 0.6) is 0 Å². The molecule has 106 valence electrons. The lowest BCUT2D eigenvalue weighted by Crippen LogP contribution is -2.37. The molecule has 1 rings (SSSR count). The van der Waals surface area contributed by atoms with Crippen molar-refractivity contribution in [1.29, 1.82) is 0 Å². The van der Waals surface area contributed by atoms with Crippen molar-refractivity contribution >= 4 is 11.7 Å². The van der Waals surface area contributed by atoms with E-state index in [1.54, 1.807) is 0 Å². The molecule has 4 heteroatoms. The molecule has 0 saturated carbocycles. The molecule has 1 aromatic rings. The summed E-state index contributed by atoms with van der Waals surface area (Å²) in [7, 11) is 0. The first-order valence-corrected chi connectivity index (χ1v) is 6.74. The SMILES string of the molecule is Cc1cccc(NC(=O)NCC(C)(C)CCCN)c1. The van der Waals surface area contributed by atoms with Gasteiger partial charge in [0.2, 0.25) is 0 Å². The second kappa shape index (κ2) is 7.14. The van der Waals surface area contributed by atoms with Crippen molar-refractivity contribution in [2.75, 3.05) is 18.4 Å². The van der Waals surface area contributed by atoms with Crippen molar-refractivity contribution in [3.63, 3.8) is 0 Å². The van der Waals surface area contributed by atoms with Gasteiger partial charge in [0.15, 0.2) is 0 Å². The summed E-state index contributed by atoms with van der Waals surface area (Å²) in [6, 6.07) is 7.59. The minimum Gasteiger partial charge on any atom is -0.337 e. The highest BCUT2D eigenvalue weighted by Gasteiger charge is 2.18. The average molecular weight is 263 g/mol. The van der Waals surface area contributed by atoms with Gasteiger partial charge in [-0.1, -0.05) is 26.0 Å². The van der Waals surface area contributed by atoms with Crippen molar-refractivity contribution in [2.24, 2.45) is 11.1 Å². The lowest BCUT2D eigenvalue weighted by atomic mass is 9.88. The summed E-state index contributed by atoms with van der Waals surface area (Å²) in [6.07, 6.45) is 1.99. The van der Waals surface area contributed by atoms with Crippen LogP contribution in [0.15, 0.2) is 24.3 Å². The first-order valence-electron chi connectivity index (χ1n) is 6.74. The molecule has 1 aromatic carbocycles. The molecule has 19 heavy (non-hydrogen) atoms. The predicted molar refractivity (Wildman–Crippen MR) is 80.3 cm³/mol. The number of carbonyl (C=O) groups excluding carboxylic acids is 1. The van der Waals surface area contributed by atoms with Crippen LogP contribution in [0.4, 0.5) is 10.5 Å². The molecule has 0 saturated heterocycles. The monoisotopic (exact) mass is 263 g/mol. The molecule has 0 fully saturated rings. The zero-order chi connectivity index (χ0) is 14.3. The van der Waals surface area contributed by atoms with E-state index in [1.807, 2.05) is 31.2 Å².